The van der Waals surface area contributed by atoms with E-state index >= 15 is 0 Å². The van der Waals surface area contributed by atoms with Crippen LogP contribution in [-0.2, 0) is 6.54 Å². The van der Waals surface area contributed by atoms with Crippen molar-refractivity contribution in [1.82, 2.24) is 19.8 Å². The maximum absolute atomic E-state index is 12.6. The van der Waals surface area contributed by atoms with E-state index < -0.39 is 0 Å². The van der Waals surface area contributed by atoms with Crippen LogP contribution in [0, 0.1) is 0 Å². The summed E-state index contributed by atoms with van der Waals surface area (Å²) >= 11 is 0. The Morgan fingerprint density at radius 3 is 2.32 bits per heavy atom. The van der Waals surface area contributed by atoms with Gasteiger partial charge in [0.05, 0.1) is 6.33 Å². The third-order valence-corrected chi connectivity index (χ3v) is 7.22. The second-order valence-electron chi connectivity index (χ2n) is 9.93. The summed E-state index contributed by atoms with van der Waals surface area (Å²) in [5.74, 6) is 1.05. The Morgan fingerprint density at radius 1 is 0.947 bits per heavy atom. The first-order valence-electron chi connectivity index (χ1n) is 13.6. The fourth-order valence-electron chi connectivity index (χ4n) is 5.13. The van der Waals surface area contributed by atoms with Crippen LogP contribution in [0.3, 0.4) is 0 Å². The smallest absolute Gasteiger partial charge is 0.251 e. The highest BCUT2D eigenvalue weighted by Crippen LogP contribution is 2.28. The van der Waals surface area contributed by atoms with Gasteiger partial charge in [-0.05, 0) is 48.6 Å². The van der Waals surface area contributed by atoms with Crippen molar-refractivity contribution in [2.24, 2.45) is 0 Å². The van der Waals surface area contributed by atoms with Gasteiger partial charge in [0.2, 0.25) is 0 Å². The van der Waals surface area contributed by atoms with Gasteiger partial charge in [0.1, 0.15) is 11.9 Å². The maximum atomic E-state index is 12.6. The number of hydrogen-bond donors (Lipinski definition) is 1. The van der Waals surface area contributed by atoms with E-state index in [9.17, 15) is 4.79 Å². The molecule has 3 aromatic carbocycles. The lowest BCUT2D eigenvalue weighted by Crippen LogP contribution is -2.40. The van der Waals surface area contributed by atoms with Crippen LogP contribution in [0.2, 0.25) is 0 Å². The Bertz CT molecular complexity index is 1210. The molecule has 6 heteroatoms. The van der Waals surface area contributed by atoms with Gasteiger partial charge in [-0.25, -0.2) is 4.98 Å². The predicted octanol–water partition coefficient (Wildman–Crippen LogP) is 5.38. The zero-order valence-corrected chi connectivity index (χ0v) is 21.8. The highest BCUT2D eigenvalue weighted by molar-refractivity contribution is 5.94. The number of likely N-dealkylation sites (tertiary alicyclic amines) is 1. The fourth-order valence-corrected chi connectivity index (χ4v) is 5.13. The summed E-state index contributed by atoms with van der Waals surface area (Å²) in [6.45, 7) is 4.44. The van der Waals surface area contributed by atoms with Gasteiger partial charge in [-0.2, -0.15) is 0 Å². The second kappa shape index (κ2) is 13.1. The number of aryl methyl sites for hydroxylation is 1. The van der Waals surface area contributed by atoms with Crippen molar-refractivity contribution in [3.8, 4) is 5.75 Å². The molecule has 1 aliphatic heterocycles. The summed E-state index contributed by atoms with van der Waals surface area (Å²) in [7, 11) is 0. The Kier molecular flexibility index (Phi) is 8.85. The summed E-state index contributed by atoms with van der Waals surface area (Å²) < 4.78 is 8.34. The average Bonchev–Trinajstić information content (AvgIpc) is 3.50. The lowest BCUT2D eigenvalue weighted by molar-refractivity contribution is 0.0941. The van der Waals surface area contributed by atoms with Gasteiger partial charge in [-0.3, -0.25) is 4.79 Å². The van der Waals surface area contributed by atoms with Crippen molar-refractivity contribution in [3.63, 3.8) is 0 Å². The van der Waals surface area contributed by atoms with Crippen molar-refractivity contribution >= 4 is 5.91 Å². The number of hydrogen-bond acceptors (Lipinski definition) is 4. The Morgan fingerprint density at radius 2 is 1.66 bits per heavy atom. The van der Waals surface area contributed by atoms with Crippen molar-refractivity contribution in [1.29, 1.82) is 0 Å². The Hall–Kier alpha value is -3.90. The molecule has 1 aromatic heterocycles. The number of benzene rings is 3. The molecular formula is C32H36N4O2. The first-order chi connectivity index (χ1) is 18.7. The molecule has 1 amide bonds. The molecule has 0 bridgehead atoms. The summed E-state index contributed by atoms with van der Waals surface area (Å²) in [6.07, 6.45) is 8.44. The summed E-state index contributed by atoms with van der Waals surface area (Å²) in [4.78, 5) is 19.2. The number of aromatic nitrogens is 2. The molecule has 4 aromatic rings. The third kappa shape index (κ3) is 7.11. The average molecular weight is 509 g/mol. The van der Waals surface area contributed by atoms with Crippen LogP contribution in [0.25, 0.3) is 0 Å². The van der Waals surface area contributed by atoms with Gasteiger partial charge in [0.15, 0.2) is 0 Å². The van der Waals surface area contributed by atoms with Crippen LogP contribution in [0.15, 0.2) is 104 Å². The van der Waals surface area contributed by atoms with Gasteiger partial charge in [0.25, 0.3) is 5.91 Å². The van der Waals surface area contributed by atoms with Crippen LogP contribution in [-0.4, -0.2) is 52.6 Å². The highest BCUT2D eigenvalue weighted by Gasteiger charge is 2.24. The number of imidazole rings is 1. The molecule has 1 fully saturated rings. The minimum atomic E-state index is -0.0660. The molecule has 1 N–H and O–H groups in total. The van der Waals surface area contributed by atoms with Crippen LogP contribution in [0.4, 0.5) is 0 Å². The van der Waals surface area contributed by atoms with Gasteiger partial charge in [-0.15, -0.1) is 0 Å². The first kappa shape index (κ1) is 25.7. The van der Waals surface area contributed by atoms with Crippen LogP contribution >= 0.6 is 0 Å². The number of piperidine rings is 1. The van der Waals surface area contributed by atoms with E-state index in [2.05, 4.69) is 75.9 Å². The van der Waals surface area contributed by atoms with Crippen molar-refractivity contribution < 1.29 is 9.53 Å². The van der Waals surface area contributed by atoms with Crippen LogP contribution in [0.1, 0.15) is 46.7 Å². The molecule has 0 atom stereocenters. The van der Waals surface area contributed by atoms with Gasteiger partial charge >= 0.3 is 0 Å². The fraction of sp³-hybridized carbons (Fsp3) is 0.312. The van der Waals surface area contributed by atoms with E-state index in [1.165, 1.54) is 11.1 Å². The molecule has 1 saturated heterocycles. The number of carbonyl (C=O) groups excluding carboxylic acids is 1. The van der Waals surface area contributed by atoms with Crippen molar-refractivity contribution in [2.45, 2.75) is 37.8 Å². The molecule has 0 radical (unpaired) electrons. The van der Waals surface area contributed by atoms with Gasteiger partial charge < -0.3 is 19.5 Å². The molecule has 6 nitrogen and oxygen atoms in total. The number of rotatable bonds is 11. The van der Waals surface area contributed by atoms with E-state index in [1.54, 1.807) is 12.5 Å². The van der Waals surface area contributed by atoms with Crippen LogP contribution in [0.5, 0.6) is 5.75 Å². The summed E-state index contributed by atoms with van der Waals surface area (Å²) in [6, 6.07) is 29.1. The standard InChI is InChI=1S/C32H36N4O2/c37-32(34-17-8-19-36-22-18-33-25-36)28-13-7-14-30(23-28)38-29-15-20-35(21-16-29)24-31(26-9-3-1-4-10-26)27-11-5-2-6-12-27/h1-7,9-14,18,22-23,25,29,31H,8,15-17,19-21,24H2,(H,34,37). The quantitative estimate of drug-likeness (QED) is 0.277. The lowest BCUT2D eigenvalue weighted by Gasteiger charge is -2.34. The highest BCUT2D eigenvalue weighted by atomic mass is 16.5. The number of carbonyl (C=O) groups is 1. The topological polar surface area (TPSA) is 59.4 Å². The lowest BCUT2D eigenvalue weighted by atomic mass is 9.90. The molecule has 38 heavy (non-hydrogen) atoms. The summed E-state index contributed by atoms with van der Waals surface area (Å²) in [5.41, 5.74) is 3.35. The monoisotopic (exact) mass is 508 g/mol. The number of amides is 1. The molecule has 196 valence electrons. The number of ether oxygens (including phenoxy) is 1. The zero-order chi connectivity index (χ0) is 26.0. The SMILES string of the molecule is O=C(NCCCn1ccnc1)c1cccc(OC2CCN(CC(c3ccccc3)c3ccccc3)CC2)c1. The van der Waals surface area contributed by atoms with Gasteiger partial charge in [-0.1, -0.05) is 66.7 Å². The number of nitrogens with zero attached hydrogens (tertiary/aromatic N) is 3. The van der Waals surface area contributed by atoms with E-state index in [4.69, 9.17) is 4.74 Å². The number of nitrogens with one attached hydrogen (secondary N) is 1. The van der Waals surface area contributed by atoms with E-state index in [0.29, 0.717) is 18.0 Å². The summed E-state index contributed by atoms with van der Waals surface area (Å²) in [5, 5.41) is 3.01. The first-order valence-corrected chi connectivity index (χ1v) is 13.6. The Balaban J connectivity index is 1.11. The molecule has 2 heterocycles. The molecule has 0 aliphatic carbocycles. The van der Waals surface area contributed by atoms with Crippen molar-refractivity contribution in [2.75, 3.05) is 26.2 Å². The normalized spacial score (nSPS) is 14.4. The minimum Gasteiger partial charge on any atom is -0.490 e. The molecule has 0 unspecified atom stereocenters. The molecular weight excluding hydrogens is 472 g/mol. The largest absolute Gasteiger partial charge is 0.490 e. The molecule has 0 saturated carbocycles. The van der Waals surface area contributed by atoms with E-state index in [-0.39, 0.29) is 12.0 Å². The predicted molar refractivity (Wildman–Crippen MR) is 150 cm³/mol. The van der Waals surface area contributed by atoms with Gasteiger partial charge in [0, 0.05) is 56.6 Å². The third-order valence-electron chi connectivity index (χ3n) is 7.22. The molecule has 5 rings (SSSR count). The molecule has 1 aliphatic rings. The minimum absolute atomic E-state index is 0.0660. The van der Waals surface area contributed by atoms with Crippen LogP contribution < -0.4 is 10.1 Å². The zero-order valence-electron chi connectivity index (χ0n) is 21.8. The maximum Gasteiger partial charge on any atom is 0.251 e. The second-order valence-corrected chi connectivity index (χ2v) is 9.93. The Labute approximate surface area is 225 Å². The van der Waals surface area contributed by atoms with Crippen molar-refractivity contribution in [3.05, 3.63) is 120 Å². The molecule has 0 spiro atoms. The van der Waals surface area contributed by atoms with E-state index in [0.717, 1.165) is 51.2 Å². The van der Waals surface area contributed by atoms with E-state index in [1.807, 2.05) is 35.0 Å².